The van der Waals surface area contributed by atoms with Crippen LogP contribution in [0.4, 0.5) is 5.69 Å². The Morgan fingerprint density at radius 3 is 2.45 bits per heavy atom. The Labute approximate surface area is 118 Å². The highest BCUT2D eigenvalue weighted by atomic mass is 16.6. The Hall–Kier alpha value is -1.91. The number of rotatable bonds is 5. The molecule has 1 amide bonds. The summed E-state index contributed by atoms with van der Waals surface area (Å²) in [6.45, 7) is 0.681. The molecule has 0 aliphatic heterocycles. The van der Waals surface area contributed by atoms with Crippen molar-refractivity contribution in [3.63, 3.8) is 0 Å². The van der Waals surface area contributed by atoms with Gasteiger partial charge in [-0.25, -0.2) is 0 Å². The highest BCUT2D eigenvalue weighted by Crippen LogP contribution is 2.25. The van der Waals surface area contributed by atoms with Crippen LogP contribution in [0.25, 0.3) is 0 Å². The van der Waals surface area contributed by atoms with E-state index in [-0.39, 0.29) is 11.6 Å². The fraction of sp³-hybridized carbons (Fsp3) is 0.533. The Balaban J connectivity index is 1.77. The Kier molecular flexibility index (Phi) is 5.09. The molecule has 1 saturated carbocycles. The van der Waals surface area contributed by atoms with Gasteiger partial charge < -0.3 is 5.32 Å². The van der Waals surface area contributed by atoms with Crippen LogP contribution in [0.3, 0.4) is 0 Å². The van der Waals surface area contributed by atoms with Gasteiger partial charge >= 0.3 is 0 Å². The van der Waals surface area contributed by atoms with Crippen molar-refractivity contribution < 1.29 is 9.72 Å². The second kappa shape index (κ2) is 7.03. The standard InChI is InChI=1S/C15H20N2O3/c18-15(13-6-8-14(9-7-13)17(19)20)16-11-10-12-4-2-1-3-5-12/h6-9,12H,1-5,10-11H2,(H,16,18). The summed E-state index contributed by atoms with van der Waals surface area (Å²) in [6, 6.07) is 5.70. The average Bonchev–Trinajstić information content (AvgIpc) is 2.48. The van der Waals surface area contributed by atoms with Crippen LogP contribution in [0, 0.1) is 16.0 Å². The smallest absolute Gasteiger partial charge is 0.269 e. The van der Waals surface area contributed by atoms with E-state index in [4.69, 9.17) is 0 Å². The van der Waals surface area contributed by atoms with E-state index in [0.717, 1.165) is 12.3 Å². The summed E-state index contributed by atoms with van der Waals surface area (Å²) >= 11 is 0. The number of carbonyl (C=O) groups is 1. The van der Waals surface area contributed by atoms with Gasteiger partial charge in [0, 0.05) is 24.2 Å². The zero-order valence-corrected chi connectivity index (χ0v) is 11.5. The molecule has 0 saturated heterocycles. The van der Waals surface area contributed by atoms with Crippen LogP contribution < -0.4 is 5.32 Å². The molecule has 0 bridgehead atoms. The number of nitrogens with one attached hydrogen (secondary N) is 1. The van der Waals surface area contributed by atoms with Gasteiger partial charge in [0.25, 0.3) is 11.6 Å². The summed E-state index contributed by atoms with van der Waals surface area (Å²) in [4.78, 5) is 22.0. The van der Waals surface area contributed by atoms with Crippen LogP contribution >= 0.6 is 0 Å². The van der Waals surface area contributed by atoms with Crippen molar-refractivity contribution in [1.82, 2.24) is 5.32 Å². The predicted molar refractivity (Wildman–Crippen MR) is 76.6 cm³/mol. The van der Waals surface area contributed by atoms with Gasteiger partial charge in [-0.2, -0.15) is 0 Å². The number of amides is 1. The monoisotopic (exact) mass is 276 g/mol. The second-order valence-corrected chi connectivity index (χ2v) is 5.35. The quantitative estimate of drug-likeness (QED) is 0.662. The van der Waals surface area contributed by atoms with Crippen LogP contribution in [-0.4, -0.2) is 17.4 Å². The maximum Gasteiger partial charge on any atom is 0.269 e. The van der Waals surface area contributed by atoms with Crippen LogP contribution in [-0.2, 0) is 0 Å². The summed E-state index contributed by atoms with van der Waals surface area (Å²) in [7, 11) is 0. The van der Waals surface area contributed by atoms with E-state index in [1.54, 1.807) is 0 Å². The number of non-ortho nitro benzene ring substituents is 1. The summed E-state index contributed by atoms with van der Waals surface area (Å²) in [5.74, 6) is 0.580. The molecule has 108 valence electrons. The molecule has 0 atom stereocenters. The van der Waals surface area contributed by atoms with Crippen molar-refractivity contribution in [3.8, 4) is 0 Å². The maximum absolute atomic E-state index is 11.9. The summed E-state index contributed by atoms with van der Waals surface area (Å²) in [5.41, 5.74) is 0.475. The molecule has 20 heavy (non-hydrogen) atoms. The molecule has 1 aromatic rings. The molecule has 5 heteroatoms. The van der Waals surface area contributed by atoms with Crippen molar-refractivity contribution in [2.24, 2.45) is 5.92 Å². The van der Waals surface area contributed by atoms with E-state index < -0.39 is 4.92 Å². The number of hydrogen-bond acceptors (Lipinski definition) is 3. The van der Waals surface area contributed by atoms with Gasteiger partial charge in [-0.1, -0.05) is 32.1 Å². The van der Waals surface area contributed by atoms with Gasteiger partial charge in [0.2, 0.25) is 0 Å². The van der Waals surface area contributed by atoms with Crippen LogP contribution in [0.5, 0.6) is 0 Å². The zero-order valence-electron chi connectivity index (χ0n) is 11.5. The predicted octanol–water partition coefficient (Wildman–Crippen LogP) is 3.30. The molecule has 1 aromatic carbocycles. The van der Waals surface area contributed by atoms with Crippen molar-refractivity contribution >= 4 is 11.6 Å². The molecule has 1 fully saturated rings. The normalized spacial score (nSPS) is 15.8. The van der Waals surface area contributed by atoms with Crippen LogP contribution in [0.15, 0.2) is 24.3 Å². The SMILES string of the molecule is O=C(NCCC1CCCCC1)c1ccc([N+](=O)[O-])cc1. The first kappa shape index (κ1) is 14.5. The third-order valence-electron chi connectivity index (χ3n) is 3.90. The van der Waals surface area contributed by atoms with E-state index in [2.05, 4.69) is 5.32 Å². The van der Waals surface area contributed by atoms with E-state index in [0.29, 0.717) is 12.1 Å². The highest BCUT2D eigenvalue weighted by molar-refractivity contribution is 5.94. The lowest BCUT2D eigenvalue weighted by molar-refractivity contribution is -0.384. The molecular weight excluding hydrogens is 256 g/mol. The number of carbonyl (C=O) groups excluding carboxylic acids is 1. The van der Waals surface area contributed by atoms with E-state index in [1.165, 1.54) is 56.4 Å². The van der Waals surface area contributed by atoms with Gasteiger partial charge in [0.05, 0.1) is 4.92 Å². The highest BCUT2D eigenvalue weighted by Gasteiger charge is 2.14. The average molecular weight is 276 g/mol. The summed E-state index contributed by atoms with van der Waals surface area (Å²) < 4.78 is 0. The lowest BCUT2D eigenvalue weighted by Crippen LogP contribution is -2.26. The van der Waals surface area contributed by atoms with Gasteiger partial charge in [-0.05, 0) is 24.5 Å². The molecule has 1 aliphatic carbocycles. The summed E-state index contributed by atoms with van der Waals surface area (Å²) in [6.07, 6.45) is 7.52. The van der Waals surface area contributed by atoms with Crippen molar-refractivity contribution in [3.05, 3.63) is 39.9 Å². The fourth-order valence-electron chi connectivity index (χ4n) is 2.70. The van der Waals surface area contributed by atoms with Crippen LogP contribution in [0.2, 0.25) is 0 Å². The van der Waals surface area contributed by atoms with E-state index in [9.17, 15) is 14.9 Å². The lowest BCUT2D eigenvalue weighted by Gasteiger charge is -2.21. The van der Waals surface area contributed by atoms with Crippen molar-refractivity contribution in [2.45, 2.75) is 38.5 Å². The zero-order chi connectivity index (χ0) is 14.4. The fourth-order valence-corrected chi connectivity index (χ4v) is 2.70. The van der Waals surface area contributed by atoms with Gasteiger partial charge in [-0.15, -0.1) is 0 Å². The number of nitro benzene ring substituents is 1. The maximum atomic E-state index is 11.9. The van der Waals surface area contributed by atoms with Gasteiger partial charge in [-0.3, -0.25) is 14.9 Å². The third kappa shape index (κ3) is 4.05. The van der Waals surface area contributed by atoms with E-state index in [1.807, 2.05) is 0 Å². The van der Waals surface area contributed by atoms with Gasteiger partial charge in [0.1, 0.15) is 0 Å². The lowest BCUT2D eigenvalue weighted by atomic mass is 9.87. The molecule has 0 aromatic heterocycles. The molecule has 5 nitrogen and oxygen atoms in total. The minimum absolute atomic E-state index is 0.00348. The molecule has 0 heterocycles. The first-order chi connectivity index (χ1) is 9.66. The number of benzene rings is 1. The first-order valence-electron chi connectivity index (χ1n) is 7.19. The molecule has 1 N–H and O–H groups in total. The number of nitro groups is 1. The molecule has 1 aliphatic rings. The second-order valence-electron chi connectivity index (χ2n) is 5.35. The third-order valence-corrected chi connectivity index (χ3v) is 3.90. The van der Waals surface area contributed by atoms with Crippen LogP contribution in [0.1, 0.15) is 48.9 Å². The Morgan fingerprint density at radius 1 is 1.20 bits per heavy atom. The Bertz CT molecular complexity index is 465. The largest absolute Gasteiger partial charge is 0.352 e. The Morgan fingerprint density at radius 2 is 1.85 bits per heavy atom. The first-order valence-corrected chi connectivity index (χ1v) is 7.19. The number of hydrogen-bond donors (Lipinski definition) is 1. The van der Waals surface area contributed by atoms with E-state index >= 15 is 0 Å². The molecule has 2 rings (SSSR count). The van der Waals surface area contributed by atoms with Gasteiger partial charge in [0.15, 0.2) is 0 Å². The van der Waals surface area contributed by atoms with Crippen molar-refractivity contribution in [1.29, 1.82) is 0 Å². The molecular formula is C15H20N2O3. The topological polar surface area (TPSA) is 72.2 Å². The molecule has 0 radical (unpaired) electrons. The number of nitrogens with zero attached hydrogens (tertiary/aromatic N) is 1. The minimum Gasteiger partial charge on any atom is -0.352 e. The molecule has 0 unspecified atom stereocenters. The summed E-state index contributed by atoms with van der Waals surface area (Å²) in [5, 5.41) is 13.4. The van der Waals surface area contributed by atoms with Crippen molar-refractivity contribution in [2.75, 3.05) is 6.54 Å². The minimum atomic E-state index is -0.467. The molecule has 0 spiro atoms.